The van der Waals surface area contributed by atoms with Gasteiger partial charge in [0.1, 0.15) is 0 Å². The van der Waals surface area contributed by atoms with E-state index in [2.05, 4.69) is 37.8 Å². The van der Waals surface area contributed by atoms with E-state index >= 15 is 0 Å². The third-order valence-corrected chi connectivity index (χ3v) is 5.28. The molecule has 0 spiro atoms. The highest BCUT2D eigenvalue weighted by atomic mass is 32.1. The van der Waals surface area contributed by atoms with Gasteiger partial charge in [0.15, 0.2) is 0 Å². The molecule has 2 heterocycles. The Labute approximate surface area is 115 Å². The molecule has 0 aromatic carbocycles. The molecule has 0 bridgehead atoms. The van der Waals surface area contributed by atoms with Crippen molar-refractivity contribution in [3.05, 3.63) is 21.9 Å². The summed E-state index contributed by atoms with van der Waals surface area (Å²) < 4.78 is 0. The molecule has 1 aliphatic rings. The zero-order valence-electron chi connectivity index (χ0n) is 11.9. The number of nitrogens with two attached hydrogens (primary N) is 1. The topological polar surface area (TPSA) is 29.3 Å². The maximum Gasteiger partial charge on any atom is 0.0331 e. The molecule has 1 aromatic rings. The van der Waals surface area contributed by atoms with Crippen LogP contribution in [0, 0.1) is 0 Å². The zero-order valence-corrected chi connectivity index (χ0v) is 12.7. The summed E-state index contributed by atoms with van der Waals surface area (Å²) in [5.41, 5.74) is 6.16. The molecule has 0 aliphatic carbocycles. The van der Waals surface area contributed by atoms with Crippen LogP contribution in [0.3, 0.4) is 0 Å². The van der Waals surface area contributed by atoms with Gasteiger partial charge in [-0.15, -0.1) is 11.3 Å². The predicted molar refractivity (Wildman–Crippen MR) is 80.1 cm³/mol. The van der Waals surface area contributed by atoms with Crippen LogP contribution in [-0.2, 0) is 12.0 Å². The molecule has 0 radical (unpaired) electrons. The maximum atomic E-state index is 5.88. The van der Waals surface area contributed by atoms with Gasteiger partial charge in [-0.3, -0.25) is 4.90 Å². The molecule has 1 fully saturated rings. The third-order valence-electron chi connectivity index (χ3n) is 3.78. The minimum absolute atomic E-state index is 0.276. The van der Waals surface area contributed by atoms with Gasteiger partial charge in [-0.25, -0.2) is 0 Å². The van der Waals surface area contributed by atoms with Crippen molar-refractivity contribution in [1.82, 2.24) is 4.90 Å². The highest BCUT2D eigenvalue weighted by Gasteiger charge is 2.22. The van der Waals surface area contributed by atoms with Crippen LogP contribution in [0.5, 0.6) is 0 Å². The number of likely N-dealkylation sites (tertiary alicyclic amines) is 1. The Morgan fingerprint density at radius 2 is 2.11 bits per heavy atom. The maximum absolute atomic E-state index is 5.88. The first kappa shape index (κ1) is 14.0. The lowest BCUT2D eigenvalue weighted by molar-refractivity contribution is 0.146. The molecule has 2 nitrogen and oxygen atoms in total. The Morgan fingerprint density at radius 3 is 2.72 bits per heavy atom. The van der Waals surface area contributed by atoms with Crippen LogP contribution in [0.25, 0.3) is 0 Å². The first-order chi connectivity index (χ1) is 8.50. The van der Waals surface area contributed by atoms with E-state index < -0.39 is 0 Å². The van der Waals surface area contributed by atoms with Crippen LogP contribution < -0.4 is 5.73 Å². The summed E-state index contributed by atoms with van der Waals surface area (Å²) in [6.07, 6.45) is 3.94. The van der Waals surface area contributed by atoms with Crippen LogP contribution in [0.4, 0.5) is 0 Å². The Hall–Kier alpha value is -0.380. The number of rotatable bonds is 3. The van der Waals surface area contributed by atoms with Crippen LogP contribution in [-0.4, -0.2) is 24.0 Å². The monoisotopic (exact) mass is 266 g/mol. The first-order valence-electron chi connectivity index (χ1n) is 7.04. The van der Waals surface area contributed by atoms with E-state index in [-0.39, 0.29) is 5.41 Å². The number of thiophene rings is 1. The third kappa shape index (κ3) is 3.34. The second-order valence-electron chi connectivity index (χ2n) is 6.37. The van der Waals surface area contributed by atoms with Gasteiger partial charge >= 0.3 is 0 Å². The van der Waals surface area contributed by atoms with Gasteiger partial charge in [0.05, 0.1) is 0 Å². The zero-order chi connectivity index (χ0) is 13.2. The summed E-state index contributed by atoms with van der Waals surface area (Å²) in [5.74, 6) is 0. The van der Waals surface area contributed by atoms with Gasteiger partial charge in [-0.1, -0.05) is 27.2 Å². The van der Waals surface area contributed by atoms with Crippen molar-refractivity contribution >= 4 is 11.3 Å². The molecule has 1 atom stereocenters. The molecule has 0 amide bonds. The smallest absolute Gasteiger partial charge is 0.0331 e. The van der Waals surface area contributed by atoms with Gasteiger partial charge in [0.2, 0.25) is 0 Å². The Kier molecular flexibility index (Phi) is 4.46. The van der Waals surface area contributed by atoms with Crippen LogP contribution in [0.2, 0.25) is 0 Å². The van der Waals surface area contributed by atoms with Crippen molar-refractivity contribution in [3.8, 4) is 0 Å². The summed E-state index contributed by atoms with van der Waals surface area (Å²) >= 11 is 1.96. The minimum Gasteiger partial charge on any atom is -0.329 e. The van der Waals surface area contributed by atoms with Crippen molar-refractivity contribution in [3.63, 3.8) is 0 Å². The van der Waals surface area contributed by atoms with Crippen molar-refractivity contribution in [2.45, 2.75) is 58.0 Å². The molecule has 1 saturated heterocycles. The molecular weight excluding hydrogens is 240 g/mol. The minimum atomic E-state index is 0.276. The Balaban J connectivity index is 2.02. The van der Waals surface area contributed by atoms with Crippen molar-refractivity contribution in [2.24, 2.45) is 5.73 Å². The quantitative estimate of drug-likeness (QED) is 0.909. The lowest BCUT2D eigenvalue weighted by Gasteiger charge is -2.34. The average Bonchev–Trinajstić information content (AvgIpc) is 2.78. The summed E-state index contributed by atoms with van der Waals surface area (Å²) in [6.45, 7) is 9.95. The van der Waals surface area contributed by atoms with Gasteiger partial charge in [0, 0.05) is 28.9 Å². The van der Waals surface area contributed by atoms with E-state index in [1.54, 1.807) is 0 Å². The molecule has 2 rings (SSSR count). The predicted octanol–water partition coefficient (Wildman–Crippen LogP) is 3.36. The van der Waals surface area contributed by atoms with E-state index in [1.807, 2.05) is 11.3 Å². The number of piperidine rings is 1. The number of hydrogen-bond donors (Lipinski definition) is 1. The Morgan fingerprint density at radius 1 is 1.33 bits per heavy atom. The average molecular weight is 266 g/mol. The van der Waals surface area contributed by atoms with E-state index in [9.17, 15) is 0 Å². The molecular formula is C15H26N2S. The number of hydrogen-bond acceptors (Lipinski definition) is 3. The molecule has 102 valence electrons. The van der Waals surface area contributed by atoms with Gasteiger partial charge in [-0.05, 0) is 36.9 Å². The molecule has 0 saturated carbocycles. The van der Waals surface area contributed by atoms with Crippen LogP contribution in [0.15, 0.2) is 12.1 Å². The van der Waals surface area contributed by atoms with Crippen molar-refractivity contribution in [1.29, 1.82) is 0 Å². The lowest BCUT2D eigenvalue weighted by Crippen LogP contribution is -2.43. The summed E-state index contributed by atoms with van der Waals surface area (Å²) in [7, 11) is 0. The highest BCUT2D eigenvalue weighted by Crippen LogP contribution is 2.31. The fourth-order valence-corrected chi connectivity index (χ4v) is 3.69. The van der Waals surface area contributed by atoms with Crippen LogP contribution >= 0.6 is 11.3 Å². The molecule has 1 aliphatic heterocycles. The Bertz CT molecular complexity index is 378. The molecule has 1 aromatic heterocycles. The van der Waals surface area contributed by atoms with Crippen LogP contribution in [0.1, 0.15) is 49.8 Å². The number of nitrogens with zero attached hydrogens (tertiary/aromatic N) is 1. The fourth-order valence-electron chi connectivity index (χ4n) is 2.60. The fraction of sp³-hybridized carbons (Fsp3) is 0.733. The SMILES string of the molecule is CC(C)(C)c1ccc(CN2CCCCC2CN)s1. The first-order valence-corrected chi connectivity index (χ1v) is 7.85. The highest BCUT2D eigenvalue weighted by molar-refractivity contribution is 7.12. The second kappa shape index (κ2) is 5.72. The standard InChI is InChI=1S/C15H26N2S/c1-15(2,3)14-8-7-13(18-14)11-17-9-5-4-6-12(17)10-16/h7-8,12H,4-6,9-11,16H2,1-3H3. The lowest BCUT2D eigenvalue weighted by atomic mass is 9.95. The summed E-state index contributed by atoms with van der Waals surface area (Å²) in [6, 6.07) is 5.19. The largest absolute Gasteiger partial charge is 0.329 e. The van der Waals surface area contributed by atoms with E-state index in [0.29, 0.717) is 6.04 Å². The molecule has 1 unspecified atom stereocenters. The van der Waals surface area contributed by atoms with Gasteiger partial charge in [-0.2, -0.15) is 0 Å². The van der Waals surface area contributed by atoms with E-state index in [0.717, 1.165) is 13.1 Å². The molecule has 18 heavy (non-hydrogen) atoms. The molecule has 3 heteroatoms. The normalized spacial score (nSPS) is 22.3. The second-order valence-corrected chi connectivity index (χ2v) is 7.54. The van der Waals surface area contributed by atoms with Crippen molar-refractivity contribution < 1.29 is 0 Å². The van der Waals surface area contributed by atoms with E-state index in [4.69, 9.17) is 5.73 Å². The van der Waals surface area contributed by atoms with E-state index in [1.165, 1.54) is 35.6 Å². The summed E-state index contributed by atoms with van der Waals surface area (Å²) in [5, 5.41) is 0. The van der Waals surface area contributed by atoms with Gasteiger partial charge in [0.25, 0.3) is 0 Å². The van der Waals surface area contributed by atoms with Gasteiger partial charge < -0.3 is 5.73 Å². The van der Waals surface area contributed by atoms with Crippen molar-refractivity contribution in [2.75, 3.05) is 13.1 Å². The summed E-state index contributed by atoms with van der Waals surface area (Å²) in [4.78, 5) is 5.54. The molecule has 2 N–H and O–H groups in total.